The second-order valence-corrected chi connectivity index (χ2v) is 6.39. The van der Waals surface area contributed by atoms with E-state index in [0.29, 0.717) is 22.8 Å². The van der Waals surface area contributed by atoms with Gasteiger partial charge in [-0.15, -0.1) is 0 Å². The first-order chi connectivity index (χ1) is 9.45. The van der Waals surface area contributed by atoms with Gasteiger partial charge >= 0.3 is 0 Å². The van der Waals surface area contributed by atoms with Crippen molar-refractivity contribution in [3.05, 3.63) is 22.8 Å². The Balaban J connectivity index is 2.64. The smallest absolute Gasteiger partial charge is 0.144 e. The number of aromatic nitrogens is 1. The number of rotatable bonds is 8. The fourth-order valence-corrected chi connectivity index (χ4v) is 2.69. The highest BCUT2D eigenvalue weighted by Crippen LogP contribution is 2.24. The third kappa shape index (κ3) is 5.29. The molecular formula is C16H28ClN3. The Morgan fingerprint density at radius 3 is 2.35 bits per heavy atom. The molecule has 1 aromatic rings. The minimum absolute atomic E-state index is 0.620. The molecule has 0 amide bonds. The minimum atomic E-state index is 0.620. The lowest BCUT2D eigenvalue weighted by atomic mass is 9.85. The molecule has 0 aliphatic carbocycles. The van der Waals surface area contributed by atoms with Crippen molar-refractivity contribution in [3.63, 3.8) is 0 Å². The van der Waals surface area contributed by atoms with E-state index in [4.69, 9.17) is 11.6 Å². The third-order valence-corrected chi connectivity index (χ3v) is 3.98. The molecule has 0 fully saturated rings. The standard InChI is InChI=1S/C16H28ClN3/c1-6-18-8-13-7-15(17)16(19-9-13)20-10-14(11(2)3)12(4)5/h7,9,11-12,14,18H,6,8,10H2,1-5H3,(H,19,20). The van der Waals surface area contributed by atoms with Gasteiger partial charge in [-0.25, -0.2) is 4.98 Å². The van der Waals surface area contributed by atoms with Crippen LogP contribution in [-0.4, -0.2) is 18.1 Å². The maximum Gasteiger partial charge on any atom is 0.144 e. The van der Waals surface area contributed by atoms with Crippen molar-refractivity contribution in [2.45, 2.75) is 41.2 Å². The van der Waals surface area contributed by atoms with E-state index in [1.54, 1.807) is 0 Å². The van der Waals surface area contributed by atoms with Crippen molar-refractivity contribution in [2.24, 2.45) is 17.8 Å². The summed E-state index contributed by atoms with van der Waals surface area (Å²) in [4.78, 5) is 4.44. The van der Waals surface area contributed by atoms with Crippen LogP contribution in [0.25, 0.3) is 0 Å². The molecule has 0 aliphatic rings. The predicted octanol–water partition coefficient (Wildman–Crippen LogP) is 4.18. The predicted molar refractivity (Wildman–Crippen MR) is 88.3 cm³/mol. The molecule has 1 rings (SSSR count). The average Bonchev–Trinajstić information content (AvgIpc) is 2.37. The highest BCUT2D eigenvalue weighted by molar-refractivity contribution is 6.32. The number of anilines is 1. The van der Waals surface area contributed by atoms with Crippen LogP contribution in [0.1, 0.15) is 40.2 Å². The maximum atomic E-state index is 6.30. The molecule has 0 atom stereocenters. The monoisotopic (exact) mass is 297 g/mol. The molecule has 3 nitrogen and oxygen atoms in total. The van der Waals surface area contributed by atoms with Crippen LogP contribution in [0.5, 0.6) is 0 Å². The molecule has 20 heavy (non-hydrogen) atoms. The van der Waals surface area contributed by atoms with Crippen LogP contribution in [0.2, 0.25) is 5.02 Å². The average molecular weight is 298 g/mol. The van der Waals surface area contributed by atoms with E-state index < -0.39 is 0 Å². The lowest BCUT2D eigenvalue weighted by molar-refractivity contribution is 0.304. The lowest BCUT2D eigenvalue weighted by Crippen LogP contribution is -2.25. The third-order valence-electron chi connectivity index (χ3n) is 3.69. The molecule has 0 spiro atoms. The molecule has 2 N–H and O–H groups in total. The first-order valence-electron chi connectivity index (χ1n) is 7.54. The van der Waals surface area contributed by atoms with E-state index in [2.05, 4.69) is 50.2 Å². The summed E-state index contributed by atoms with van der Waals surface area (Å²) in [6.07, 6.45) is 1.89. The van der Waals surface area contributed by atoms with Gasteiger partial charge in [0.15, 0.2) is 0 Å². The molecule has 0 saturated carbocycles. The molecule has 114 valence electrons. The number of nitrogens with one attached hydrogen (secondary N) is 2. The van der Waals surface area contributed by atoms with Gasteiger partial charge in [0.25, 0.3) is 0 Å². The summed E-state index contributed by atoms with van der Waals surface area (Å²) in [5.74, 6) is 2.70. The first-order valence-corrected chi connectivity index (χ1v) is 7.92. The summed E-state index contributed by atoms with van der Waals surface area (Å²) in [6.45, 7) is 13.8. The van der Waals surface area contributed by atoms with Crippen molar-refractivity contribution in [1.29, 1.82) is 0 Å². The van der Waals surface area contributed by atoms with Crippen molar-refractivity contribution in [1.82, 2.24) is 10.3 Å². The normalized spacial score (nSPS) is 11.7. The van der Waals surface area contributed by atoms with E-state index in [-0.39, 0.29) is 0 Å². The summed E-state index contributed by atoms with van der Waals surface area (Å²) in [5.41, 5.74) is 1.12. The quantitative estimate of drug-likeness (QED) is 0.755. The van der Waals surface area contributed by atoms with Gasteiger partial charge in [-0.1, -0.05) is 46.2 Å². The van der Waals surface area contributed by atoms with Crippen LogP contribution in [0.3, 0.4) is 0 Å². The van der Waals surface area contributed by atoms with Crippen LogP contribution in [0, 0.1) is 17.8 Å². The van der Waals surface area contributed by atoms with Crippen molar-refractivity contribution < 1.29 is 0 Å². The minimum Gasteiger partial charge on any atom is -0.369 e. The van der Waals surface area contributed by atoms with Gasteiger partial charge in [-0.3, -0.25) is 0 Å². The van der Waals surface area contributed by atoms with Gasteiger partial charge in [0.1, 0.15) is 5.82 Å². The summed E-state index contributed by atoms with van der Waals surface area (Å²) in [7, 11) is 0. The van der Waals surface area contributed by atoms with Crippen LogP contribution < -0.4 is 10.6 Å². The number of halogens is 1. The highest BCUT2D eigenvalue weighted by Gasteiger charge is 2.17. The lowest BCUT2D eigenvalue weighted by Gasteiger charge is -2.25. The Labute approximate surface area is 128 Å². The largest absolute Gasteiger partial charge is 0.369 e. The molecule has 0 saturated heterocycles. The van der Waals surface area contributed by atoms with E-state index in [9.17, 15) is 0 Å². The fourth-order valence-electron chi connectivity index (χ4n) is 2.43. The molecular weight excluding hydrogens is 270 g/mol. The number of pyridine rings is 1. The Hall–Kier alpha value is -0.800. The Morgan fingerprint density at radius 1 is 1.20 bits per heavy atom. The van der Waals surface area contributed by atoms with Gasteiger partial charge in [-0.05, 0) is 35.9 Å². The van der Waals surface area contributed by atoms with Gasteiger partial charge in [-0.2, -0.15) is 0 Å². The number of nitrogens with zero attached hydrogens (tertiary/aromatic N) is 1. The molecule has 1 heterocycles. The van der Waals surface area contributed by atoms with Crippen molar-refractivity contribution >= 4 is 17.4 Å². The molecule has 0 radical (unpaired) electrons. The Kier molecular flexibility index (Phi) is 7.31. The summed E-state index contributed by atoms with van der Waals surface area (Å²) in [5, 5.41) is 7.37. The van der Waals surface area contributed by atoms with Crippen LogP contribution in [-0.2, 0) is 6.54 Å². The maximum absolute atomic E-state index is 6.30. The summed E-state index contributed by atoms with van der Waals surface area (Å²) >= 11 is 6.30. The first kappa shape index (κ1) is 17.3. The van der Waals surface area contributed by atoms with E-state index in [0.717, 1.165) is 31.0 Å². The highest BCUT2D eigenvalue weighted by atomic mass is 35.5. The summed E-state index contributed by atoms with van der Waals surface area (Å²) < 4.78 is 0. The molecule has 0 bridgehead atoms. The summed E-state index contributed by atoms with van der Waals surface area (Å²) in [6, 6.07) is 1.99. The van der Waals surface area contributed by atoms with E-state index in [1.807, 2.05) is 12.3 Å². The molecule has 0 unspecified atom stereocenters. The van der Waals surface area contributed by atoms with E-state index >= 15 is 0 Å². The second kappa shape index (κ2) is 8.48. The van der Waals surface area contributed by atoms with Gasteiger partial charge in [0.2, 0.25) is 0 Å². The Morgan fingerprint density at radius 2 is 1.85 bits per heavy atom. The zero-order valence-corrected chi connectivity index (χ0v) is 14.1. The second-order valence-electron chi connectivity index (χ2n) is 5.99. The molecule has 4 heteroatoms. The van der Waals surface area contributed by atoms with Crippen molar-refractivity contribution in [2.75, 3.05) is 18.4 Å². The fraction of sp³-hybridized carbons (Fsp3) is 0.688. The van der Waals surface area contributed by atoms with Gasteiger partial charge < -0.3 is 10.6 Å². The zero-order chi connectivity index (χ0) is 15.1. The number of hydrogen-bond acceptors (Lipinski definition) is 3. The van der Waals surface area contributed by atoms with Gasteiger partial charge in [0.05, 0.1) is 5.02 Å². The van der Waals surface area contributed by atoms with Crippen LogP contribution in [0.4, 0.5) is 5.82 Å². The topological polar surface area (TPSA) is 37.0 Å². The van der Waals surface area contributed by atoms with E-state index in [1.165, 1.54) is 0 Å². The molecule has 1 aromatic heterocycles. The van der Waals surface area contributed by atoms with Crippen LogP contribution >= 0.6 is 11.6 Å². The SMILES string of the molecule is CCNCc1cnc(NCC(C(C)C)C(C)C)c(Cl)c1. The molecule has 0 aromatic carbocycles. The molecule has 0 aliphatic heterocycles. The van der Waals surface area contributed by atoms with Crippen molar-refractivity contribution in [3.8, 4) is 0 Å². The zero-order valence-electron chi connectivity index (χ0n) is 13.3. The Bertz CT molecular complexity index is 397. The van der Waals surface area contributed by atoms with Crippen LogP contribution in [0.15, 0.2) is 12.3 Å². The van der Waals surface area contributed by atoms with Gasteiger partial charge in [0, 0.05) is 19.3 Å². The number of hydrogen-bond donors (Lipinski definition) is 2.